The van der Waals surface area contributed by atoms with Crippen LogP contribution in [0.25, 0.3) is 0 Å². The van der Waals surface area contributed by atoms with Gasteiger partial charge in [-0.2, -0.15) is 0 Å². The van der Waals surface area contributed by atoms with Crippen LogP contribution in [0.3, 0.4) is 0 Å². The van der Waals surface area contributed by atoms with Crippen molar-refractivity contribution in [1.82, 2.24) is 5.32 Å². The van der Waals surface area contributed by atoms with Gasteiger partial charge in [-0.05, 0) is 23.1 Å². The molecule has 1 aliphatic rings. The normalized spacial score (nSPS) is 20.3. The van der Waals surface area contributed by atoms with E-state index in [0.717, 1.165) is 5.69 Å². The summed E-state index contributed by atoms with van der Waals surface area (Å²) in [7, 11) is 0. The third-order valence-electron chi connectivity index (χ3n) is 2.74. The smallest absolute Gasteiger partial charge is 0.126 e. The van der Waals surface area contributed by atoms with E-state index in [1.807, 2.05) is 18.2 Å². The number of para-hydroxylation sites is 1. The predicted octanol–water partition coefficient (Wildman–Crippen LogP) is 4.15. The Bertz CT molecular complexity index is 401. The van der Waals surface area contributed by atoms with Crippen molar-refractivity contribution in [2.24, 2.45) is 5.41 Å². The van der Waals surface area contributed by atoms with Gasteiger partial charge in [0.05, 0.1) is 5.69 Å². The lowest BCUT2D eigenvalue weighted by atomic mass is 9.75. The maximum atomic E-state index is 6.04. The third kappa shape index (κ3) is 2.03. The molecule has 0 saturated heterocycles. The quantitative estimate of drug-likeness (QED) is 0.584. The Morgan fingerprint density at radius 3 is 2.53 bits per heavy atom. The highest BCUT2D eigenvalue weighted by Gasteiger charge is 2.29. The first kappa shape index (κ1) is 10.6. The van der Waals surface area contributed by atoms with Crippen LogP contribution in [0.15, 0.2) is 35.5 Å². The molecule has 0 fully saturated rings. The summed E-state index contributed by atoms with van der Waals surface area (Å²) >= 11 is 6.04. The van der Waals surface area contributed by atoms with Crippen molar-refractivity contribution < 1.29 is 0 Å². The van der Waals surface area contributed by atoms with E-state index in [9.17, 15) is 0 Å². The highest BCUT2D eigenvalue weighted by Crippen LogP contribution is 2.43. The van der Waals surface area contributed by atoms with Crippen LogP contribution in [0.4, 0.5) is 5.69 Å². The molecule has 1 heterocycles. The van der Waals surface area contributed by atoms with Gasteiger partial charge in [0.2, 0.25) is 0 Å². The standard InChI is InChI=1S/C13H15ClN/c1-13(2,3)10-8-12(14)15-11-7-5-4-6-9(10)11/h4-8,10H,1-3H3. The number of benzene rings is 1. The van der Waals surface area contributed by atoms with Crippen molar-refractivity contribution in [2.75, 3.05) is 0 Å². The van der Waals surface area contributed by atoms with Crippen molar-refractivity contribution >= 4 is 17.3 Å². The first-order valence-electron chi connectivity index (χ1n) is 5.16. The van der Waals surface area contributed by atoms with Crippen molar-refractivity contribution in [1.29, 1.82) is 0 Å². The molecule has 1 aromatic rings. The summed E-state index contributed by atoms with van der Waals surface area (Å²) in [6.07, 6.45) is 2.05. The molecular formula is C13H15ClN. The monoisotopic (exact) mass is 220 g/mol. The number of allylic oxidation sites excluding steroid dienone is 1. The maximum Gasteiger partial charge on any atom is 0.126 e. The fourth-order valence-electron chi connectivity index (χ4n) is 1.95. The molecule has 1 aliphatic heterocycles. The molecule has 1 unspecified atom stereocenters. The fraction of sp³-hybridized carbons (Fsp3) is 0.385. The molecule has 2 rings (SSSR count). The fourth-order valence-corrected chi connectivity index (χ4v) is 2.17. The minimum absolute atomic E-state index is 0.173. The summed E-state index contributed by atoms with van der Waals surface area (Å²) in [6.45, 7) is 6.67. The van der Waals surface area contributed by atoms with Gasteiger partial charge in [0, 0.05) is 5.92 Å². The molecule has 0 saturated carbocycles. The Kier molecular flexibility index (Phi) is 2.51. The van der Waals surface area contributed by atoms with E-state index in [4.69, 9.17) is 11.6 Å². The van der Waals surface area contributed by atoms with Crippen molar-refractivity contribution in [3.8, 4) is 0 Å². The van der Waals surface area contributed by atoms with Crippen molar-refractivity contribution in [3.05, 3.63) is 41.1 Å². The summed E-state index contributed by atoms with van der Waals surface area (Å²) in [5.41, 5.74) is 2.45. The Balaban J connectivity index is 2.50. The molecule has 15 heavy (non-hydrogen) atoms. The minimum atomic E-state index is 0.173. The lowest BCUT2D eigenvalue weighted by Crippen LogP contribution is -2.21. The number of nitrogens with zero attached hydrogens (tertiary/aromatic N) is 1. The first-order chi connectivity index (χ1) is 6.98. The predicted molar refractivity (Wildman–Crippen MR) is 64.4 cm³/mol. The van der Waals surface area contributed by atoms with E-state index in [-0.39, 0.29) is 5.41 Å². The highest BCUT2D eigenvalue weighted by molar-refractivity contribution is 6.29. The largest absolute Gasteiger partial charge is 0.237 e. The topological polar surface area (TPSA) is 14.1 Å². The average Bonchev–Trinajstić information content (AvgIpc) is 2.15. The molecule has 0 amide bonds. The minimum Gasteiger partial charge on any atom is -0.237 e. The van der Waals surface area contributed by atoms with E-state index in [1.54, 1.807) is 0 Å². The van der Waals surface area contributed by atoms with Gasteiger partial charge in [0.1, 0.15) is 5.16 Å². The first-order valence-corrected chi connectivity index (χ1v) is 5.54. The van der Waals surface area contributed by atoms with Crippen LogP contribution in [-0.2, 0) is 0 Å². The molecule has 2 heteroatoms. The van der Waals surface area contributed by atoms with Gasteiger partial charge >= 0.3 is 0 Å². The zero-order valence-electron chi connectivity index (χ0n) is 9.29. The molecule has 0 N–H and O–H groups in total. The molecule has 1 radical (unpaired) electrons. The number of hydrogen-bond donors (Lipinski definition) is 0. The molecule has 1 atom stereocenters. The number of fused-ring (bicyclic) bond motifs is 1. The third-order valence-corrected chi connectivity index (χ3v) is 2.95. The number of rotatable bonds is 0. The average molecular weight is 221 g/mol. The SMILES string of the molecule is CC(C)(C)C1C=C(Cl)[N]c2ccccc21. The van der Waals surface area contributed by atoms with E-state index in [0.29, 0.717) is 11.1 Å². The molecule has 1 nitrogen and oxygen atoms in total. The zero-order chi connectivity index (χ0) is 11.1. The second-order valence-corrected chi connectivity index (χ2v) is 5.39. The molecule has 79 valence electrons. The summed E-state index contributed by atoms with van der Waals surface area (Å²) in [5.74, 6) is 0.346. The van der Waals surface area contributed by atoms with Crippen LogP contribution >= 0.6 is 11.6 Å². The van der Waals surface area contributed by atoms with Crippen LogP contribution in [0, 0.1) is 5.41 Å². The summed E-state index contributed by atoms with van der Waals surface area (Å²) in [4.78, 5) is 0. The van der Waals surface area contributed by atoms with Gasteiger partial charge in [0.15, 0.2) is 0 Å². The lowest BCUT2D eigenvalue weighted by molar-refractivity contribution is 0.363. The lowest BCUT2D eigenvalue weighted by Gasteiger charge is -2.32. The van der Waals surface area contributed by atoms with E-state index in [2.05, 4.69) is 38.2 Å². The van der Waals surface area contributed by atoms with Gasteiger partial charge < -0.3 is 0 Å². The van der Waals surface area contributed by atoms with Gasteiger partial charge in [-0.3, -0.25) is 0 Å². The van der Waals surface area contributed by atoms with Crippen LogP contribution < -0.4 is 5.32 Å². The van der Waals surface area contributed by atoms with Gasteiger partial charge in [-0.1, -0.05) is 50.6 Å². The molecular weight excluding hydrogens is 206 g/mol. The van der Waals surface area contributed by atoms with Gasteiger partial charge in [-0.25, -0.2) is 5.32 Å². The van der Waals surface area contributed by atoms with Crippen molar-refractivity contribution in [3.63, 3.8) is 0 Å². The zero-order valence-corrected chi connectivity index (χ0v) is 10.0. The van der Waals surface area contributed by atoms with Gasteiger partial charge in [0.25, 0.3) is 0 Å². The van der Waals surface area contributed by atoms with Crippen LogP contribution in [0.2, 0.25) is 0 Å². The van der Waals surface area contributed by atoms with E-state index < -0.39 is 0 Å². The van der Waals surface area contributed by atoms with Crippen LogP contribution in [-0.4, -0.2) is 0 Å². The molecule has 1 aromatic carbocycles. The Hall–Kier alpha value is -0.950. The highest BCUT2D eigenvalue weighted by atomic mass is 35.5. The van der Waals surface area contributed by atoms with Crippen molar-refractivity contribution in [2.45, 2.75) is 26.7 Å². The summed E-state index contributed by atoms with van der Waals surface area (Å²) < 4.78 is 0. The summed E-state index contributed by atoms with van der Waals surface area (Å²) in [5, 5.41) is 4.94. The number of halogens is 1. The van der Waals surface area contributed by atoms with E-state index in [1.165, 1.54) is 5.56 Å². The molecule has 0 aromatic heterocycles. The Labute approximate surface area is 96.1 Å². The van der Waals surface area contributed by atoms with Crippen LogP contribution in [0.5, 0.6) is 0 Å². The second-order valence-electron chi connectivity index (χ2n) is 5.00. The van der Waals surface area contributed by atoms with E-state index >= 15 is 0 Å². The van der Waals surface area contributed by atoms with Crippen LogP contribution in [0.1, 0.15) is 32.3 Å². The number of hydrogen-bond acceptors (Lipinski definition) is 0. The second kappa shape index (κ2) is 3.57. The maximum absolute atomic E-state index is 6.04. The van der Waals surface area contributed by atoms with Gasteiger partial charge in [-0.15, -0.1) is 0 Å². The Morgan fingerprint density at radius 1 is 1.20 bits per heavy atom. The molecule has 0 bridgehead atoms. The molecule has 0 spiro atoms. The Morgan fingerprint density at radius 2 is 1.87 bits per heavy atom. The summed E-state index contributed by atoms with van der Waals surface area (Å²) in [6, 6.07) is 8.20. The molecule has 0 aliphatic carbocycles.